The molecule has 0 amide bonds. The zero-order valence-corrected chi connectivity index (χ0v) is 12.7. The second-order valence-electron chi connectivity index (χ2n) is 3.39. The van der Waals surface area contributed by atoms with Crippen LogP contribution in [0.15, 0.2) is 18.2 Å². The van der Waals surface area contributed by atoms with E-state index in [1.54, 1.807) is 19.1 Å². The molecule has 1 aromatic rings. The van der Waals surface area contributed by atoms with E-state index in [2.05, 4.69) is 0 Å². The van der Waals surface area contributed by atoms with Crippen molar-refractivity contribution in [1.29, 1.82) is 0 Å². The van der Waals surface area contributed by atoms with E-state index >= 15 is 0 Å². The molecule has 0 bridgehead atoms. The van der Waals surface area contributed by atoms with E-state index in [1.165, 1.54) is 6.07 Å². The molecule has 0 atom stereocenters. The van der Waals surface area contributed by atoms with E-state index in [4.69, 9.17) is 4.74 Å². The van der Waals surface area contributed by atoms with E-state index < -0.39 is 15.9 Å². The third kappa shape index (κ3) is 6.28. The Morgan fingerprint density at radius 3 is 2.59 bits per heavy atom. The predicted molar refractivity (Wildman–Crippen MR) is 57.5 cm³/mol. The molecule has 7 heteroatoms. The number of ether oxygens (including phenoxy) is 1. The number of hydrogen-bond donors (Lipinski definition) is 1. The van der Waals surface area contributed by atoms with Crippen molar-refractivity contribution in [2.45, 2.75) is 13.3 Å². The summed E-state index contributed by atoms with van der Waals surface area (Å²) in [4.78, 5) is 0. The zero-order chi connectivity index (χ0) is 12.2. The molecule has 5 nitrogen and oxygen atoms in total. The topological polar surface area (TPSA) is 86.7 Å². The fraction of sp³-hybridized carbons (Fsp3) is 0.400. The molecule has 0 spiro atoms. The monoisotopic (exact) mass is 268 g/mol. The van der Waals surface area contributed by atoms with E-state index in [1.807, 2.05) is 0 Å². The molecule has 0 saturated carbocycles. The van der Waals surface area contributed by atoms with Crippen molar-refractivity contribution in [3.63, 3.8) is 0 Å². The Hall–Kier alpha value is -0.270. The molecule has 1 N–H and O–H groups in total. The van der Waals surface area contributed by atoms with Crippen molar-refractivity contribution in [2.24, 2.45) is 0 Å². The van der Waals surface area contributed by atoms with E-state index in [9.17, 15) is 18.1 Å². The van der Waals surface area contributed by atoms with Crippen LogP contribution in [0.2, 0.25) is 0 Å². The van der Waals surface area contributed by atoms with Crippen LogP contribution < -0.4 is 34.3 Å². The van der Waals surface area contributed by atoms with Gasteiger partial charge in [0.2, 0.25) is 0 Å². The maximum atomic E-state index is 10.3. The van der Waals surface area contributed by atoms with Gasteiger partial charge in [-0.25, -0.2) is 8.42 Å². The van der Waals surface area contributed by atoms with E-state index in [-0.39, 0.29) is 48.3 Å². The molecule has 0 radical (unpaired) electrons. The van der Waals surface area contributed by atoms with Gasteiger partial charge in [0, 0.05) is 5.75 Å². The summed E-state index contributed by atoms with van der Waals surface area (Å²) in [6.45, 7) is 1.85. The number of benzene rings is 1. The van der Waals surface area contributed by atoms with Gasteiger partial charge in [0.1, 0.15) is 0 Å². The molecule has 0 aromatic heterocycles. The standard InChI is InChI=1S/C10H14O5S.Na/c1-8-4-2-5-9(11)10(8)15-6-3-7-16(12,13)14;/h2,4-5,11H,3,6-7H2,1H3,(H,12,13,14);/q;+1/p-1. The van der Waals surface area contributed by atoms with E-state index in [0.717, 1.165) is 5.56 Å². The van der Waals surface area contributed by atoms with Crippen LogP contribution >= 0.6 is 0 Å². The second kappa shape index (κ2) is 7.23. The third-order valence-electron chi connectivity index (χ3n) is 1.98. The smallest absolute Gasteiger partial charge is 0.748 e. The van der Waals surface area contributed by atoms with Gasteiger partial charge in [-0.1, -0.05) is 12.1 Å². The predicted octanol–water partition coefficient (Wildman–Crippen LogP) is -1.98. The van der Waals surface area contributed by atoms with Crippen LogP contribution in [0.5, 0.6) is 11.5 Å². The fourth-order valence-electron chi connectivity index (χ4n) is 1.23. The normalized spacial score (nSPS) is 10.7. The minimum atomic E-state index is -4.19. The SMILES string of the molecule is Cc1cccc(O)c1OCCCS(=O)(=O)[O-].[Na+]. The number of para-hydroxylation sites is 1. The summed E-state index contributed by atoms with van der Waals surface area (Å²) in [6, 6.07) is 4.92. The third-order valence-corrected chi connectivity index (χ3v) is 2.76. The van der Waals surface area contributed by atoms with Crippen LogP contribution in [0.4, 0.5) is 0 Å². The Balaban J connectivity index is 0.00000256. The first kappa shape index (κ1) is 16.7. The number of rotatable bonds is 5. The quantitative estimate of drug-likeness (QED) is 0.380. The van der Waals surface area contributed by atoms with E-state index in [0.29, 0.717) is 5.75 Å². The maximum Gasteiger partial charge on any atom is 1.00 e. The summed E-state index contributed by atoms with van der Waals surface area (Å²) in [6.07, 6.45) is 0.111. The van der Waals surface area contributed by atoms with Gasteiger partial charge in [0.25, 0.3) is 0 Å². The molecule has 0 fully saturated rings. The van der Waals surface area contributed by atoms with Crippen molar-refractivity contribution < 1.29 is 52.4 Å². The van der Waals surface area contributed by atoms with Gasteiger partial charge in [0.05, 0.1) is 16.7 Å². The molecule has 0 heterocycles. The van der Waals surface area contributed by atoms with Crippen LogP contribution in [0.3, 0.4) is 0 Å². The molecule has 90 valence electrons. The first-order chi connectivity index (χ1) is 7.40. The van der Waals surface area contributed by atoms with Crippen LogP contribution in [0, 0.1) is 6.92 Å². The Bertz CT molecular complexity index is 438. The van der Waals surface area contributed by atoms with Crippen LogP contribution in [-0.2, 0) is 10.1 Å². The Morgan fingerprint density at radius 2 is 2.06 bits per heavy atom. The zero-order valence-electron chi connectivity index (χ0n) is 9.84. The number of hydrogen-bond acceptors (Lipinski definition) is 5. The number of aryl methyl sites for hydroxylation is 1. The van der Waals surface area contributed by atoms with Gasteiger partial charge in [0.15, 0.2) is 11.5 Å². The van der Waals surface area contributed by atoms with Gasteiger partial charge in [-0.05, 0) is 25.0 Å². The van der Waals surface area contributed by atoms with Gasteiger partial charge < -0.3 is 14.4 Å². The summed E-state index contributed by atoms with van der Waals surface area (Å²) in [5.41, 5.74) is 0.755. The Labute approximate surface area is 123 Å². The number of aromatic hydroxyl groups is 1. The number of phenols is 1. The van der Waals surface area contributed by atoms with Gasteiger partial charge in [-0.15, -0.1) is 0 Å². The molecule has 17 heavy (non-hydrogen) atoms. The molecule has 0 aliphatic heterocycles. The molecule has 1 aromatic carbocycles. The summed E-state index contributed by atoms with van der Waals surface area (Å²) >= 11 is 0. The molecular weight excluding hydrogens is 255 g/mol. The van der Waals surface area contributed by atoms with Crippen molar-refractivity contribution >= 4 is 10.1 Å². The number of phenolic OH excluding ortho intramolecular Hbond substituents is 1. The first-order valence-electron chi connectivity index (χ1n) is 4.75. The minimum absolute atomic E-state index is 0. The van der Waals surface area contributed by atoms with Crippen LogP contribution in [0.25, 0.3) is 0 Å². The average molecular weight is 268 g/mol. The Kier molecular flexibility index (Phi) is 7.11. The van der Waals surface area contributed by atoms with Crippen molar-refractivity contribution in [3.05, 3.63) is 23.8 Å². The molecule has 1 rings (SSSR count). The molecule has 0 saturated heterocycles. The van der Waals surface area contributed by atoms with Crippen molar-refractivity contribution in [2.75, 3.05) is 12.4 Å². The first-order valence-corrected chi connectivity index (χ1v) is 6.33. The average Bonchev–Trinajstić information content (AvgIpc) is 2.14. The maximum absolute atomic E-state index is 10.3. The Morgan fingerprint density at radius 1 is 1.41 bits per heavy atom. The summed E-state index contributed by atoms with van der Waals surface area (Å²) < 4.78 is 36.2. The molecule has 0 aliphatic carbocycles. The van der Waals surface area contributed by atoms with Crippen molar-refractivity contribution in [3.8, 4) is 11.5 Å². The van der Waals surface area contributed by atoms with Gasteiger partial charge >= 0.3 is 29.6 Å². The minimum Gasteiger partial charge on any atom is -0.748 e. The van der Waals surface area contributed by atoms with Gasteiger partial charge in [-0.2, -0.15) is 0 Å². The fourth-order valence-corrected chi connectivity index (χ4v) is 1.71. The second-order valence-corrected chi connectivity index (χ2v) is 4.91. The largest absolute Gasteiger partial charge is 1.00 e. The van der Waals surface area contributed by atoms with Gasteiger partial charge in [-0.3, -0.25) is 0 Å². The van der Waals surface area contributed by atoms with Crippen molar-refractivity contribution in [1.82, 2.24) is 0 Å². The molecular formula is C10H13NaO5S. The summed E-state index contributed by atoms with van der Waals surface area (Å²) in [5, 5.41) is 9.45. The van der Waals surface area contributed by atoms with Crippen LogP contribution in [-0.4, -0.2) is 30.4 Å². The summed E-state index contributed by atoms with van der Waals surface area (Å²) in [7, 11) is -4.19. The summed E-state index contributed by atoms with van der Waals surface area (Å²) in [5.74, 6) is -0.129. The molecule has 0 aliphatic rings. The molecule has 0 unspecified atom stereocenters. The van der Waals surface area contributed by atoms with Crippen LogP contribution in [0.1, 0.15) is 12.0 Å².